The van der Waals surface area contributed by atoms with Crippen molar-refractivity contribution in [1.82, 2.24) is 9.78 Å². The van der Waals surface area contributed by atoms with Crippen LogP contribution < -0.4 is 11.1 Å². The molecule has 0 aliphatic heterocycles. The summed E-state index contributed by atoms with van der Waals surface area (Å²) in [6, 6.07) is 8.64. The Labute approximate surface area is 121 Å². The van der Waals surface area contributed by atoms with Gasteiger partial charge in [-0.25, -0.2) is 4.68 Å². The maximum atomic E-state index is 6.17. The van der Waals surface area contributed by atoms with Gasteiger partial charge in [-0.05, 0) is 38.8 Å². The van der Waals surface area contributed by atoms with Crippen LogP contribution in [0.3, 0.4) is 0 Å². The van der Waals surface area contributed by atoms with Crippen LogP contribution >= 0.6 is 0 Å². The van der Waals surface area contributed by atoms with Crippen LogP contribution in [0.1, 0.15) is 44.5 Å². The molecule has 0 radical (unpaired) electrons. The zero-order valence-corrected chi connectivity index (χ0v) is 12.8. The van der Waals surface area contributed by atoms with E-state index in [1.165, 1.54) is 5.56 Å². The average Bonchev–Trinajstić information content (AvgIpc) is 2.70. The van der Waals surface area contributed by atoms with Gasteiger partial charge in [-0.3, -0.25) is 0 Å². The van der Waals surface area contributed by atoms with E-state index in [9.17, 15) is 0 Å². The van der Waals surface area contributed by atoms with Crippen molar-refractivity contribution in [3.63, 3.8) is 0 Å². The Morgan fingerprint density at radius 3 is 2.65 bits per heavy atom. The number of nitrogens with zero attached hydrogens (tertiary/aromatic N) is 2. The van der Waals surface area contributed by atoms with Gasteiger partial charge in [-0.15, -0.1) is 0 Å². The fourth-order valence-corrected chi connectivity index (χ4v) is 2.32. The van der Waals surface area contributed by atoms with Gasteiger partial charge < -0.3 is 11.1 Å². The summed E-state index contributed by atoms with van der Waals surface area (Å²) in [6.07, 6.45) is 2.18. The van der Waals surface area contributed by atoms with Gasteiger partial charge in [0.15, 0.2) is 5.82 Å². The predicted octanol–water partition coefficient (Wildman–Crippen LogP) is 4.05. The molecule has 4 nitrogen and oxygen atoms in total. The highest BCUT2D eigenvalue weighted by molar-refractivity contribution is 5.72. The number of nitrogens with one attached hydrogen (secondary N) is 1. The smallest absolute Gasteiger partial charge is 0.152 e. The quantitative estimate of drug-likeness (QED) is 0.863. The van der Waals surface area contributed by atoms with Gasteiger partial charge in [0.1, 0.15) is 0 Å². The Morgan fingerprint density at radius 1 is 1.30 bits per heavy atom. The van der Waals surface area contributed by atoms with E-state index in [2.05, 4.69) is 49.4 Å². The van der Waals surface area contributed by atoms with Gasteiger partial charge in [0.05, 0.1) is 11.4 Å². The van der Waals surface area contributed by atoms with E-state index >= 15 is 0 Å². The first-order valence-electron chi connectivity index (χ1n) is 7.24. The molecule has 0 saturated carbocycles. The van der Waals surface area contributed by atoms with Crippen molar-refractivity contribution < 1.29 is 0 Å². The fraction of sp³-hybridized carbons (Fsp3) is 0.438. The minimum Gasteiger partial charge on any atom is -0.394 e. The molecule has 1 aromatic heterocycles. The van der Waals surface area contributed by atoms with E-state index in [4.69, 9.17) is 5.73 Å². The van der Waals surface area contributed by atoms with Crippen LogP contribution in [0.25, 0.3) is 0 Å². The second kappa shape index (κ2) is 5.99. The minimum atomic E-state index is 0.270. The highest BCUT2D eigenvalue weighted by Crippen LogP contribution is 2.30. The Morgan fingerprint density at radius 2 is 2.00 bits per heavy atom. The van der Waals surface area contributed by atoms with Crippen LogP contribution in [-0.4, -0.2) is 9.78 Å². The van der Waals surface area contributed by atoms with Gasteiger partial charge in [0.25, 0.3) is 0 Å². The molecule has 108 valence electrons. The van der Waals surface area contributed by atoms with Gasteiger partial charge in [-0.1, -0.05) is 31.5 Å². The lowest BCUT2D eigenvalue weighted by Crippen LogP contribution is -2.09. The normalized spacial score (nSPS) is 11.1. The number of nitrogen functional groups attached to an aromatic ring is 1. The summed E-state index contributed by atoms with van der Waals surface area (Å²) >= 11 is 0. The van der Waals surface area contributed by atoms with Crippen LogP contribution in [0.15, 0.2) is 24.3 Å². The maximum Gasteiger partial charge on any atom is 0.152 e. The first kappa shape index (κ1) is 14.4. The first-order chi connectivity index (χ1) is 9.54. The molecule has 0 unspecified atom stereocenters. The van der Waals surface area contributed by atoms with E-state index in [1.807, 2.05) is 17.7 Å². The lowest BCUT2D eigenvalue weighted by Gasteiger charge is -2.15. The van der Waals surface area contributed by atoms with Gasteiger partial charge in [0, 0.05) is 11.7 Å². The lowest BCUT2D eigenvalue weighted by atomic mass is 10.1. The summed E-state index contributed by atoms with van der Waals surface area (Å²) in [5.74, 6) is 0.890. The molecule has 0 atom stereocenters. The molecule has 0 amide bonds. The molecular weight excluding hydrogens is 248 g/mol. The Bertz CT molecular complexity index is 584. The molecule has 0 aliphatic rings. The summed E-state index contributed by atoms with van der Waals surface area (Å²) < 4.78 is 1.95. The fourth-order valence-electron chi connectivity index (χ4n) is 2.32. The van der Waals surface area contributed by atoms with Crippen molar-refractivity contribution in [2.75, 3.05) is 11.1 Å². The maximum absolute atomic E-state index is 6.17. The number of hydrogen-bond acceptors (Lipinski definition) is 3. The van der Waals surface area contributed by atoms with Crippen LogP contribution in [-0.2, 0) is 6.42 Å². The van der Waals surface area contributed by atoms with Gasteiger partial charge in [-0.2, -0.15) is 5.10 Å². The zero-order valence-electron chi connectivity index (χ0n) is 12.8. The number of para-hydroxylation sites is 1. The molecule has 0 bridgehead atoms. The molecule has 1 heterocycles. The highest BCUT2D eigenvalue weighted by atomic mass is 15.4. The number of aromatic nitrogens is 2. The molecule has 4 heteroatoms. The van der Waals surface area contributed by atoms with Crippen LogP contribution in [0, 0.1) is 6.92 Å². The number of anilines is 3. The number of nitrogens with two attached hydrogens (primary N) is 1. The van der Waals surface area contributed by atoms with E-state index in [0.29, 0.717) is 0 Å². The topological polar surface area (TPSA) is 55.9 Å². The third kappa shape index (κ3) is 2.79. The van der Waals surface area contributed by atoms with Crippen molar-refractivity contribution in [3.8, 4) is 0 Å². The van der Waals surface area contributed by atoms with Crippen LogP contribution in [0.5, 0.6) is 0 Å². The molecule has 0 fully saturated rings. The van der Waals surface area contributed by atoms with E-state index in [0.717, 1.165) is 35.7 Å². The molecule has 0 spiro atoms. The summed E-state index contributed by atoms with van der Waals surface area (Å²) in [7, 11) is 0. The second-order valence-electron chi connectivity index (χ2n) is 5.42. The number of aryl methyl sites for hydroxylation is 2. The van der Waals surface area contributed by atoms with Crippen LogP contribution in [0.4, 0.5) is 17.2 Å². The number of hydrogen-bond donors (Lipinski definition) is 2. The SMILES string of the molecule is CCCc1ccccc1Nc1c(N)c(C)nn1C(C)C. The largest absolute Gasteiger partial charge is 0.394 e. The molecule has 2 rings (SSSR count). The van der Waals surface area contributed by atoms with E-state index < -0.39 is 0 Å². The molecule has 2 aromatic rings. The molecule has 1 aromatic carbocycles. The second-order valence-corrected chi connectivity index (χ2v) is 5.42. The molecular formula is C16H24N4. The minimum absolute atomic E-state index is 0.270. The van der Waals surface area contributed by atoms with Crippen LogP contribution in [0.2, 0.25) is 0 Å². The molecule has 20 heavy (non-hydrogen) atoms. The number of rotatable bonds is 5. The summed E-state index contributed by atoms with van der Waals surface area (Å²) in [5.41, 5.74) is 10.2. The Balaban J connectivity index is 2.40. The molecule has 0 aliphatic carbocycles. The van der Waals surface area contributed by atoms with E-state index in [-0.39, 0.29) is 6.04 Å². The predicted molar refractivity (Wildman–Crippen MR) is 85.5 cm³/mol. The van der Waals surface area contributed by atoms with Crippen molar-refractivity contribution in [2.45, 2.75) is 46.6 Å². The lowest BCUT2D eigenvalue weighted by molar-refractivity contribution is 0.536. The third-order valence-electron chi connectivity index (χ3n) is 3.41. The standard InChI is InChI=1S/C16H24N4/c1-5-8-13-9-6-7-10-14(13)18-16-15(17)12(4)19-20(16)11(2)3/h6-7,9-11,18H,5,8,17H2,1-4H3. The van der Waals surface area contributed by atoms with Crippen molar-refractivity contribution in [2.24, 2.45) is 0 Å². The third-order valence-corrected chi connectivity index (χ3v) is 3.41. The summed E-state index contributed by atoms with van der Waals surface area (Å²) in [6.45, 7) is 8.34. The first-order valence-corrected chi connectivity index (χ1v) is 7.24. The van der Waals surface area contributed by atoms with Crippen molar-refractivity contribution >= 4 is 17.2 Å². The molecule has 3 N–H and O–H groups in total. The Hall–Kier alpha value is -1.97. The summed E-state index contributed by atoms with van der Waals surface area (Å²) in [5, 5.41) is 7.98. The van der Waals surface area contributed by atoms with Gasteiger partial charge >= 0.3 is 0 Å². The molecule has 0 saturated heterocycles. The highest BCUT2D eigenvalue weighted by Gasteiger charge is 2.15. The van der Waals surface area contributed by atoms with Gasteiger partial charge in [0.2, 0.25) is 0 Å². The Kier molecular flexibility index (Phi) is 4.32. The monoisotopic (exact) mass is 272 g/mol. The average molecular weight is 272 g/mol. The summed E-state index contributed by atoms with van der Waals surface area (Å²) in [4.78, 5) is 0. The van der Waals surface area contributed by atoms with Crippen molar-refractivity contribution in [3.05, 3.63) is 35.5 Å². The van der Waals surface area contributed by atoms with E-state index in [1.54, 1.807) is 0 Å². The van der Waals surface area contributed by atoms with Crippen molar-refractivity contribution in [1.29, 1.82) is 0 Å². The number of benzene rings is 1. The zero-order chi connectivity index (χ0) is 14.7.